The summed E-state index contributed by atoms with van der Waals surface area (Å²) in [4.78, 5) is 5.08. The Morgan fingerprint density at radius 3 is 2.54 bits per heavy atom. The number of aromatic amines is 1. The lowest BCUT2D eigenvalue weighted by Gasteiger charge is -2.21. The van der Waals surface area contributed by atoms with Gasteiger partial charge in [0.2, 0.25) is 0 Å². The van der Waals surface area contributed by atoms with Crippen molar-refractivity contribution in [1.82, 2.24) is 15.2 Å². The third-order valence-electron chi connectivity index (χ3n) is 5.21. The van der Waals surface area contributed by atoms with Crippen LogP contribution in [0.4, 0.5) is 0 Å². The molecular formula is C21H19N3. The lowest BCUT2D eigenvalue weighted by Crippen LogP contribution is -2.07. The van der Waals surface area contributed by atoms with E-state index in [9.17, 15) is 0 Å². The highest BCUT2D eigenvalue weighted by atomic mass is 15.1. The smallest absolute Gasteiger partial charge is 0.0744 e. The van der Waals surface area contributed by atoms with Crippen LogP contribution in [0.3, 0.4) is 0 Å². The van der Waals surface area contributed by atoms with E-state index in [4.69, 9.17) is 4.98 Å². The normalized spacial score (nSPS) is 14.2. The molecule has 3 heteroatoms. The summed E-state index contributed by atoms with van der Waals surface area (Å²) in [7, 11) is 0. The molecule has 0 aliphatic heterocycles. The van der Waals surface area contributed by atoms with Gasteiger partial charge in [-0.1, -0.05) is 29.8 Å². The summed E-state index contributed by atoms with van der Waals surface area (Å²) in [5.74, 6) is 0. The molecule has 24 heavy (non-hydrogen) atoms. The fraction of sp³-hybridized carbons (Fsp3) is 0.238. The largest absolute Gasteiger partial charge is 0.278 e. The Morgan fingerprint density at radius 2 is 1.71 bits per heavy atom. The molecule has 118 valence electrons. The molecule has 1 N–H and O–H groups in total. The van der Waals surface area contributed by atoms with Gasteiger partial charge in [0.1, 0.15) is 0 Å². The van der Waals surface area contributed by atoms with Gasteiger partial charge >= 0.3 is 0 Å². The van der Waals surface area contributed by atoms with Crippen molar-refractivity contribution in [3.05, 3.63) is 59.3 Å². The Labute approximate surface area is 140 Å². The Bertz CT molecular complexity index is 1060. The van der Waals surface area contributed by atoms with E-state index in [1.807, 2.05) is 6.20 Å². The van der Waals surface area contributed by atoms with Crippen LogP contribution in [0.1, 0.15) is 29.5 Å². The minimum atomic E-state index is 1.08. The van der Waals surface area contributed by atoms with Crippen LogP contribution < -0.4 is 0 Å². The molecule has 0 bridgehead atoms. The zero-order valence-corrected chi connectivity index (χ0v) is 13.8. The van der Waals surface area contributed by atoms with Crippen LogP contribution in [-0.2, 0) is 12.8 Å². The average Bonchev–Trinajstić information content (AvgIpc) is 3.10. The van der Waals surface area contributed by atoms with Crippen LogP contribution in [-0.4, -0.2) is 15.2 Å². The van der Waals surface area contributed by atoms with E-state index in [1.165, 1.54) is 51.6 Å². The first-order valence-corrected chi connectivity index (χ1v) is 8.66. The van der Waals surface area contributed by atoms with Gasteiger partial charge in [-0.25, -0.2) is 4.98 Å². The summed E-state index contributed by atoms with van der Waals surface area (Å²) >= 11 is 0. The van der Waals surface area contributed by atoms with Crippen molar-refractivity contribution in [3.8, 4) is 11.3 Å². The zero-order valence-electron chi connectivity index (χ0n) is 13.8. The van der Waals surface area contributed by atoms with Crippen LogP contribution in [0.5, 0.6) is 0 Å². The molecule has 0 saturated carbocycles. The van der Waals surface area contributed by atoms with E-state index >= 15 is 0 Å². The number of pyridine rings is 1. The maximum absolute atomic E-state index is 5.08. The van der Waals surface area contributed by atoms with Gasteiger partial charge in [-0.3, -0.25) is 5.10 Å². The standard InChI is InChI=1S/C21H19N3/c1-13-6-8-14(9-7-13)21-16-5-3-2-4-15(16)20-17-12-22-24-18(17)10-11-19(20)23-21/h6-12H,2-5H2,1H3,(H,22,24). The van der Waals surface area contributed by atoms with Crippen molar-refractivity contribution in [2.24, 2.45) is 0 Å². The van der Waals surface area contributed by atoms with Gasteiger partial charge in [0.15, 0.2) is 0 Å². The quantitative estimate of drug-likeness (QED) is 0.539. The monoisotopic (exact) mass is 313 g/mol. The van der Waals surface area contributed by atoms with Crippen molar-refractivity contribution in [2.75, 3.05) is 0 Å². The highest BCUT2D eigenvalue weighted by Crippen LogP contribution is 2.37. The molecule has 2 heterocycles. The second kappa shape index (κ2) is 5.17. The molecule has 5 rings (SSSR count). The maximum atomic E-state index is 5.08. The Balaban J connectivity index is 1.88. The van der Waals surface area contributed by atoms with Gasteiger partial charge in [0, 0.05) is 16.3 Å². The molecule has 0 amide bonds. The molecule has 3 nitrogen and oxygen atoms in total. The molecule has 2 aromatic heterocycles. The number of hydrogen-bond donors (Lipinski definition) is 1. The third-order valence-corrected chi connectivity index (χ3v) is 5.21. The summed E-state index contributed by atoms with van der Waals surface area (Å²) in [6.07, 6.45) is 6.71. The number of benzene rings is 2. The number of nitrogens with one attached hydrogen (secondary N) is 1. The summed E-state index contributed by atoms with van der Waals surface area (Å²) in [5, 5.41) is 9.83. The summed E-state index contributed by atoms with van der Waals surface area (Å²) in [6, 6.07) is 13.0. The van der Waals surface area contributed by atoms with Gasteiger partial charge in [-0.15, -0.1) is 0 Å². The molecule has 0 radical (unpaired) electrons. The number of rotatable bonds is 1. The van der Waals surface area contributed by atoms with Crippen LogP contribution in [0.2, 0.25) is 0 Å². The first-order valence-electron chi connectivity index (χ1n) is 8.66. The minimum absolute atomic E-state index is 1.08. The first kappa shape index (κ1) is 13.7. The van der Waals surface area contributed by atoms with Crippen molar-refractivity contribution in [3.63, 3.8) is 0 Å². The lowest BCUT2D eigenvalue weighted by atomic mass is 9.85. The number of fused-ring (bicyclic) bond motifs is 5. The number of hydrogen-bond acceptors (Lipinski definition) is 2. The van der Waals surface area contributed by atoms with E-state index < -0.39 is 0 Å². The van der Waals surface area contributed by atoms with Crippen LogP contribution in [0.25, 0.3) is 33.1 Å². The Morgan fingerprint density at radius 1 is 0.917 bits per heavy atom. The molecule has 0 unspecified atom stereocenters. The van der Waals surface area contributed by atoms with Crippen molar-refractivity contribution < 1.29 is 0 Å². The van der Waals surface area contributed by atoms with Crippen LogP contribution in [0, 0.1) is 6.92 Å². The fourth-order valence-corrected chi connectivity index (χ4v) is 4.00. The summed E-state index contributed by atoms with van der Waals surface area (Å²) in [5.41, 5.74) is 8.78. The fourth-order valence-electron chi connectivity index (χ4n) is 4.00. The lowest BCUT2D eigenvalue weighted by molar-refractivity contribution is 0.689. The number of nitrogens with zero attached hydrogens (tertiary/aromatic N) is 2. The van der Waals surface area contributed by atoms with Crippen molar-refractivity contribution in [1.29, 1.82) is 0 Å². The van der Waals surface area contributed by atoms with Crippen molar-refractivity contribution in [2.45, 2.75) is 32.6 Å². The van der Waals surface area contributed by atoms with Gasteiger partial charge in [-0.05, 0) is 55.9 Å². The Kier molecular flexibility index (Phi) is 2.96. The predicted octanol–water partition coefficient (Wildman–Crippen LogP) is 4.97. The number of H-pyrrole nitrogens is 1. The molecule has 0 atom stereocenters. The molecule has 0 saturated heterocycles. The molecule has 0 spiro atoms. The van der Waals surface area contributed by atoms with E-state index in [1.54, 1.807) is 0 Å². The predicted molar refractivity (Wildman–Crippen MR) is 98.2 cm³/mol. The molecule has 1 aliphatic carbocycles. The highest BCUT2D eigenvalue weighted by Gasteiger charge is 2.20. The van der Waals surface area contributed by atoms with Gasteiger partial charge in [0.05, 0.1) is 22.9 Å². The van der Waals surface area contributed by atoms with E-state index in [0.717, 1.165) is 23.9 Å². The second-order valence-corrected chi connectivity index (χ2v) is 6.78. The molecule has 4 aromatic rings. The first-order chi connectivity index (χ1) is 11.8. The Hall–Kier alpha value is -2.68. The SMILES string of the molecule is Cc1ccc(-c2nc3ccc4[nH]ncc4c3c3c2CCCC3)cc1. The summed E-state index contributed by atoms with van der Waals surface area (Å²) in [6.45, 7) is 2.13. The topological polar surface area (TPSA) is 41.6 Å². The molecule has 2 aromatic carbocycles. The van der Waals surface area contributed by atoms with E-state index in [0.29, 0.717) is 0 Å². The second-order valence-electron chi connectivity index (χ2n) is 6.78. The molecule has 1 aliphatic rings. The number of aryl methyl sites for hydroxylation is 2. The van der Waals surface area contributed by atoms with E-state index in [-0.39, 0.29) is 0 Å². The minimum Gasteiger partial charge on any atom is -0.278 e. The maximum Gasteiger partial charge on any atom is 0.0744 e. The third kappa shape index (κ3) is 1.97. The zero-order chi connectivity index (χ0) is 16.1. The van der Waals surface area contributed by atoms with Crippen molar-refractivity contribution >= 4 is 21.8 Å². The molecular weight excluding hydrogens is 294 g/mol. The summed E-state index contributed by atoms with van der Waals surface area (Å²) < 4.78 is 0. The van der Waals surface area contributed by atoms with Gasteiger partial charge in [-0.2, -0.15) is 5.10 Å². The van der Waals surface area contributed by atoms with Gasteiger partial charge < -0.3 is 0 Å². The highest BCUT2D eigenvalue weighted by molar-refractivity contribution is 6.07. The number of aromatic nitrogens is 3. The van der Waals surface area contributed by atoms with Crippen LogP contribution >= 0.6 is 0 Å². The van der Waals surface area contributed by atoms with Gasteiger partial charge in [0.25, 0.3) is 0 Å². The average molecular weight is 313 g/mol. The van der Waals surface area contributed by atoms with E-state index in [2.05, 4.69) is 53.5 Å². The molecule has 0 fully saturated rings. The van der Waals surface area contributed by atoms with Crippen LogP contribution in [0.15, 0.2) is 42.6 Å².